The van der Waals surface area contributed by atoms with Crippen molar-refractivity contribution in [2.24, 2.45) is 0 Å². The fourth-order valence-electron chi connectivity index (χ4n) is 3.62. The van der Waals surface area contributed by atoms with Crippen molar-refractivity contribution in [2.75, 3.05) is 13.7 Å². The minimum atomic E-state index is -0.462. The Morgan fingerprint density at radius 2 is 1.67 bits per heavy atom. The SMILES string of the molecule is Cc1ccc(-c2ccccc2C(=O)OCC(=O)N(C)C2CCCCC2)cc1. The van der Waals surface area contributed by atoms with Gasteiger partial charge in [0.15, 0.2) is 6.61 Å². The average molecular weight is 365 g/mol. The van der Waals surface area contributed by atoms with Gasteiger partial charge >= 0.3 is 5.97 Å². The molecule has 0 radical (unpaired) electrons. The lowest BCUT2D eigenvalue weighted by Crippen LogP contribution is -2.40. The highest BCUT2D eigenvalue weighted by Crippen LogP contribution is 2.25. The molecule has 0 heterocycles. The molecule has 27 heavy (non-hydrogen) atoms. The molecule has 0 unspecified atom stereocenters. The van der Waals surface area contributed by atoms with Crippen LogP contribution < -0.4 is 0 Å². The van der Waals surface area contributed by atoms with Gasteiger partial charge < -0.3 is 9.64 Å². The molecule has 1 amide bonds. The summed E-state index contributed by atoms with van der Waals surface area (Å²) in [6.45, 7) is 1.81. The van der Waals surface area contributed by atoms with E-state index in [1.165, 1.54) is 6.42 Å². The Labute approximate surface area is 161 Å². The highest BCUT2D eigenvalue weighted by Gasteiger charge is 2.23. The van der Waals surface area contributed by atoms with Crippen LogP contribution in [-0.4, -0.2) is 36.5 Å². The minimum Gasteiger partial charge on any atom is -0.452 e. The number of carbonyl (C=O) groups excluding carboxylic acids is 2. The van der Waals surface area contributed by atoms with Crippen LogP contribution in [0.5, 0.6) is 0 Å². The lowest BCUT2D eigenvalue weighted by Gasteiger charge is -2.31. The van der Waals surface area contributed by atoms with Crippen LogP contribution in [0, 0.1) is 6.92 Å². The van der Waals surface area contributed by atoms with Crippen LogP contribution >= 0.6 is 0 Å². The number of hydrogen-bond donors (Lipinski definition) is 0. The van der Waals surface area contributed by atoms with Gasteiger partial charge in [-0.3, -0.25) is 4.79 Å². The third kappa shape index (κ3) is 4.76. The molecule has 4 heteroatoms. The maximum absolute atomic E-state index is 12.6. The van der Waals surface area contributed by atoms with Crippen LogP contribution in [0.3, 0.4) is 0 Å². The topological polar surface area (TPSA) is 46.6 Å². The molecule has 2 aromatic rings. The summed E-state index contributed by atoms with van der Waals surface area (Å²) in [5, 5.41) is 0. The second-order valence-electron chi connectivity index (χ2n) is 7.28. The van der Waals surface area contributed by atoms with E-state index in [0.29, 0.717) is 5.56 Å². The van der Waals surface area contributed by atoms with Gasteiger partial charge in [-0.2, -0.15) is 0 Å². The highest BCUT2D eigenvalue weighted by molar-refractivity contribution is 5.98. The van der Waals surface area contributed by atoms with Gasteiger partial charge in [0.1, 0.15) is 0 Å². The molecule has 0 N–H and O–H groups in total. The Kier molecular flexibility index (Phi) is 6.28. The molecule has 4 nitrogen and oxygen atoms in total. The molecule has 1 fully saturated rings. The van der Waals surface area contributed by atoms with E-state index >= 15 is 0 Å². The molecular weight excluding hydrogens is 338 g/mol. The van der Waals surface area contributed by atoms with Gasteiger partial charge in [-0.1, -0.05) is 67.3 Å². The number of nitrogens with zero attached hydrogens (tertiary/aromatic N) is 1. The zero-order valence-corrected chi connectivity index (χ0v) is 16.1. The zero-order valence-electron chi connectivity index (χ0n) is 16.1. The summed E-state index contributed by atoms with van der Waals surface area (Å²) in [5.74, 6) is -0.598. The van der Waals surface area contributed by atoms with Gasteiger partial charge in [-0.25, -0.2) is 4.79 Å². The van der Waals surface area contributed by atoms with E-state index in [2.05, 4.69) is 0 Å². The monoisotopic (exact) mass is 365 g/mol. The van der Waals surface area contributed by atoms with Crippen molar-refractivity contribution in [2.45, 2.75) is 45.1 Å². The summed E-state index contributed by atoms with van der Waals surface area (Å²) in [6, 6.07) is 15.6. The first-order valence-electron chi connectivity index (χ1n) is 9.65. The number of carbonyl (C=O) groups is 2. The van der Waals surface area contributed by atoms with Crippen molar-refractivity contribution in [3.8, 4) is 11.1 Å². The molecule has 142 valence electrons. The standard InChI is InChI=1S/C23H27NO3/c1-17-12-14-18(15-13-17)20-10-6-7-11-21(20)23(26)27-16-22(25)24(2)19-8-4-3-5-9-19/h6-7,10-15,19H,3-5,8-9,16H2,1-2H3. The van der Waals surface area contributed by atoms with Crippen molar-refractivity contribution in [1.82, 2.24) is 4.90 Å². The van der Waals surface area contributed by atoms with Crippen LogP contribution in [-0.2, 0) is 9.53 Å². The van der Waals surface area contributed by atoms with E-state index in [-0.39, 0.29) is 18.6 Å². The molecule has 0 aromatic heterocycles. The Morgan fingerprint density at radius 3 is 2.37 bits per heavy atom. The lowest BCUT2D eigenvalue weighted by atomic mass is 9.94. The molecule has 0 aliphatic heterocycles. The molecule has 3 rings (SSSR count). The van der Waals surface area contributed by atoms with E-state index in [1.54, 1.807) is 11.0 Å². The molecular formula is C23H27NO3. The first kappa shape index (κ1) is 19.2. The predicted octanol–water partition coefficient (Wildman–Crippen LogP) is 4.61. The number of amides is 1. The van der Waals surface area contributed by atoms with E-state index in [0.717, 1.165) is 42.4 Å². The zero-order chi connectivity index (χ0) is 19.2. The first-order chi connectivity index (χ1) is 13.1. The first-order valence-corrected chi connectivity index (χ1v) is 9.65. The Hall–Kier alpha value is -2.62. The number of esters is 1. The predicted molar refractivity (Wildman–Crippen MR) is 107 cm³/mol. The number of rotatable bonds is 5. The van der Waals surface area contributed by atoms with Crippen molar-refractivity contribution in [3.05, 3.63) is 59.7 Å². The van der Waals surface area contributed by atoms with Gasteiger partial charge in [0.2, 0.25) is 0 Å². The second-order valence-corrected chi connectivity index (χ2v) is 7.28. The summed E-state index contributed by atoms with van der Waals surface area (Å²) >= 11 is 0. The second kappa shape index (κ2) is 8.85. The maximum atomic E-state index is 12.6. The number of hydrogen-bond acceptors (Lipinski definition) is 3. The number of benzene rings is 2. The van der Waals surface area contributed by atoms with E-state index < -0.39 is 5.97 Å². The van der Waals surface area contributed by atoms with Gasteiger partial charge in [0.05, 0.1) is 5.56 Å². The van der Waals surface area contributed by atoms with Crippen LogP contribution in [0.4, 0.5) is 0 Å². The van der Waals surface area contributed by atoms with Gasteiger partial charge in [0.25, 0.3) is 5.91 Å². The molecule has 0 saturated heterocycles. The van der Waals surface area contributed by atoms with Crippen molar-refractivity contribution < 1.29 is 14.3 Å². The van der Waals surface area contributed by atoms with Gasteiger partial charge in [-0.15, -0.1) is 0 Å². The Bertz CT molecular complexity index is 792. The average Bonchev–Trinajstić information content (AvgIpc) is 2.72. The van der Waals surface area contributed by atoms with Crippen molar-refractivity contribution in [1.29, 1.82) is 0 Å². The molecule has 1 saturated carbocycles. The van der Waals surface area contributed by atoms with Crippen LogP contribution in [0.25, 0.3) is 11.1 Å². The van der Waals surface area contributed by atoms with Crippen molar-refractivity contribution in [3.63, 3.8) is 0 Å². The largest absolute Gasteiger partial charge is 0.452 e. The molecule has 0 bridgehead atoms. The smallest absolute Gasteiger partial charge is 0.339 e. The van der Waals surface area contributed by atoms with E-state index in [1.807, 2.05) is 56.4 Å². The summed E-state index contributed by atoms with van der Waals surface area (Å²) in [4.78, 5) is 26.8. The summed E-state index contributed by atoms with van der Waals surface area (Å²) in [5.41, 5.74) is 3.42. The number of ether oxygens (including phenoxy) is 1. The minimum absolute atomic E-state index is 0.136. The van der Waals surface area contributed by atoms with Gasteiger partial charge in [-0.05, 0) is 37.0 Å². The third-order valence-electron chi connectivity index (χ3n) is 5.35. The quantitative estimate of drug-likeness (QED) is 0.727. The lowest BCUT2D eigenvalue weighted by molar-refractivity contribution is -0.135. The Morgan fingerprint density at radius 1 is 1.00 bits per heavy atom. The molecule has 1 aliphatic rings. The summed E-state index contributed by atoms with van der Waals surface area (Å²) < 4.78 is 5.36. The summed E-state index contributed by atoms with van der Waals surface area (Å²) in [6.07, 6.45) is 5.63. The summed E-state index contributed by atoms with van der Waals surface area (Å²) in [7, 11) is 1.81. The normalized spacial score (nSPS) is 14.6. The Balaban J connectivity index is 1.66. The van der Waals surface area contributed by atoms with E-state index in [4.69, 9.17) is 4.74 Å². The van der Waals surface area contributed by atoms with Crippen LogP contribution in [0.15, 0.2) is 48.5 Å². The number of likely N-dealkylation sites (N-methyl/N-ethyl adjacent to an activating group) is 1. The van der Waals surface area contributed by atoms with Crippen molar-refractivity contribution >= 4 is 11.9 Å². The van der Waals surface area contributed by atoms with Gasteiger partial charge in [0, 0.05) is 13.1 Å². The fraction of sp³-hybridized carbons (Fsp3) is 0.391. The maximum Gasteiger partial charge on any atom is 0.339 e. The molecule has 0 spiro atoms. The fourth-order valence-corrected chi connectivity index (χ4v) is 3.62. The molecule has 1 aliphatic carbocycles. The number of aryl methyl sites for hydroxylation is 1. The molecule has 0 atom stereocenters. The van der Waals surface area contributed by atoms with E-state index in [9.17, 15) is 9.59 Å². The van der Waals surface area contributed by atoms with Crippen LogP contribution in [0.1, 0.15) is 48.0 Å². The molecule has 2 aromatic carbocycles. The third-order valence-corrected chi connectivity index (χ3v) is 5.35. The van der Waals surface area contributed by atoms with Crippen LogP contribution in [0.2, 0.25) is 0 Å². The highest BCUT2D eigenvalue weighted by atomic mass is 16.5.